The van der Waals surface area contributed by atoms with E-state index in [1.54, 1.807) is 24.3 Å². The van der Waals surface area contributed by atoms with Crippen LogP contribution in [0.4, 0.5) is 5.69 Å². The second-order valence-electron chi connectivity index (χ2n) is 6.54. The van der Waals surface area contributed by atoms with Gasteiger partial charge in [-0.1, -0.05) is 6.07 Å². The van der Waals surface area contributed by atoms with Gasteiger partial charge in [0.25, 0.3) is 5.91 Å². The molecule has 0 bridgehead atoms. The summed E-state index contributed by atoms with van der Waals surface area (Å²) in [5.74, 6) is 0.742. The molecule has 0 aliphatic carbocycles. The first-order valence-electron chi connectivity index (χ1n) is 8.94. The summed E-state index contributed by atoms with van der Waals surface area (Å²) >= 11 is 0. The number of ether oxygens (including phenoxy) is 3. The minimum Gasteiger partial charge on any atom is -0.454 e. The lowest BCUT2D eigenvalue weighted by Crippen LogP contribution is -2.32. The number of carbonyl (C=O) groups is 1. The van der Waals surface area contributed by atoms with E-state index >= 15 is 0 Å². The molecule has 1 unspecified atom stereocenters. The van der Waals surface area contributed by atoms with Gasteiger partial charge in [0.2, 0.25) is 16.8 Å². The highest BCUT2D eigenvalue weighted by Crippen LogP contribution is 2.34. The minimum absolute atomic E-state index is 0.0313. The summed E-state index contributed by atoms with van der Waals surface area (Å²) in [7, 11) is -3.73. The SMILES string of the molecule is O=C(Nc1ccc2c(c1)OCO2)c1cccc(S(=O)(=O)NCC2CCCO2)c1. The average molecular weight is 404 g/mol. The van der Waals surface area contributed by atoms with Crippen molar-refractivity contribution in [3.63, 3.8) is 0 Å². The standard InChI is InChI=1S/C19H20N2O6S/c22-19(21-14-6-7-17-18(10-14)27-12-26-17)13-3-1-5-16(9-13)28(23,24)20-11-15-4-2-8-25-15/h1,3,5-7,9-10,15,20H,2,4,8,11-12H2,(H,21,22). The van der Waals surface area contributed by atoms with Gasteiger partial charge in [-0.25, -0.2) is 13.1 Å². The number of sulfonamides is 1. The predicted octanol–water partition coefficient (Wildman–Crippen LogP) is 2.12. The topological polar surface area (TPSA) is 103 Å². The molecule has 2 aromatic rings. The number of fused-ring (bicyclic) bond motifs is 1. The highest BCUT2D eigenvalue weighted by Gasteiger charge is 2.21. The third kappa shape index (κ3) is 4.11. The summed E-state index contributed by atoms with van der Waals surface area (Å²) in [6, 6.07) is 10.9. The van der Waals surface area contributed by atoms with Gasteiger partial charge in [0.15, 0.2) is 11.5 Å². The Kier molecular flexibility index (Phi) is 5.21. The zero-order chi connectivity index (χ0) is 19.6. The molecular formula is C19H20N2O6S. The van der Waals surface area contributed by atoms with Crippen molar-refractivity contribution in [2.24, 2.45) is 0 Å². The number of anilines is 1. The minimum atomic E-state index is -3.73. The van der Waals surface area contributed by atoms with E-state index in [2.05, 4.69) is 10.0 Å². The fraction of sp³-hybridized carbons (Fsp3) is 0.316. The highest BCUT2D eigenvalue weighted by molar-refractivity contribution is 7.89. The number of benzene rings is 2. The van der Waals surface area contributed by atoms with Gasteiger partial charge in [0.1, 0.15) is 0 Å². The van der Waals surface area contributed by atoms with E-state index in [-0.39, 0.29) is 29.9 Å². The number of rotatable bonds is 6. The Labute approximate surface area is 162 Å². The largest absolute Gasteiger partial charge is 0.454 e. The van der Waals surface area contributed by atoms with Gasteiger partial charge < -0.3 is 19.5 Å². The number of amides is 1. The van der Waals surface area contributed by atoms with Crippen LogP contribution in [0.15, 0.2) is 47.4 Å². The van der Waals surface area contributed by atoms with E-state index in [1.165, 1.54) is 18.2 Å². The molecule has 1 amide bonds. The number of hydrogen-bond acceptors (Lipinski definition) is 6. The lowest BCUT2D eigenvalue weighted by Gasteiger charge is -2.12. The maximum Gasteiger partial charge on any atom is 0.255 e. The van der Waals surface area contributed by atoms with Crippen LogP contribution in [0.1, 0.15) is 23.2 Å². The van der Waals surface area contributed by atoms with Gasteiger partial charge in [0.05, 0.1) is 11.0 Å². The van der Waals surface area contributed by atoms with Gasteiger partial charge in [-0.2, -0.15) is 0 Å². The molecule has 0 radical (unpaired) electrons. The van der Waals surface area contributed by atoms with Crippen molar-refractivity contribution >= 4 is 21.6 Å². The Morgan fingerprint density at radius 3 is 2.79 bits per heavy atom. The van der Waals surface area contributed by atoms with Crippen LogP contribution in [-0.2, 0) is 14.8 Å². The first-order valence-corrected chi connectivity index (χ1v) is 10.4. The molecule has 1 fully saturated rings. The molecule has 0 saturated carbocycles. The molecule has 0 aromatic heterocycles. The average Bonchev–Trinajstić information content (AvgIpc) is 3.38. The first kappa shape index (κ1) is 18.7. The number of hydrogen-bond donors (Lipinski definition) is 2. The van der Waals surface area contributed by atoms with Crippen LogP contribution in [-0.4, -0.2) is 40.4 Å². The molecule has 148 valence electrons. The molecule has 0 spiro atoms. The molecule has 9 heteroatoms. The Morgan fingerprint density at radius 1 is 1.11 bits per heavy atom. The van der Waals surface area contributed by atoms with Crippen molar-refractivity contribution in [2.45, 2.75) is 23.8 Å². The smallest absolute Gasteiger partial charge is 0.255 e. The Morgan fingerprint density at radius 2 is 1.96 bits per heavy atom. The zero-order valence-corrected chi connectivity index (χ0v) is 15.8. The van der Waals surface area contributed by atoms with Crippen LogP contribution in [0, 0.1) is 0 Å². The van der Waals surface area contributed by atoms with E-state index in [4.69, 9.17) is 14.2 Å². The van der Waals surface area contributed by atoms with Gasteiger partial charge in [-0.15, -0.1) is 0 Å². The molecule has 2 aliphatic rings. The van der Waals surface area contributed by atoms with Crippen molar-refractivity contribution < 1.29 is 27.4 Å². The van der Waals surface area contributed by atoms with E-state index in [0.29, 0.717) is 23.8 Å². The maximum absolute atomic E-state index is 12.5. The quantitative estimate of drug-likeness (QED) is 0.765. The molecule has 4 rings (SSSR count). The van der Waals surface area contributed by atoms with E-state index in [9.17, 15) is 13.2 Å². The van der Waals surface area contributed by atoms with E-state index < -0.39 is 15.9 Å². The normalized spacial score (nSPS) is 18.2. The lowest BCUT2D eigenvalue weighted by molar-refractivity contribution is 0.102. The van der Waals surface area contributed by atoms with Crippen LogP contribution in [0.3, 0.4) is 0 Å². The molecule has 8 nitrogen and oxygen atoms in total. The highest BCUT2D eigenvalue weighted by atomic mass is 32.2. The first-order chi connectivity index (χ1) is 13.5. The molecule has 28 heavy (non-hydrogen) atoms. The molecule has 2 N–H and O–H groups in total. The van der Waals surface area contributed by atoms with Crippen molar-refractivity contribution in [3.8, 4) is 11.5 Å². The molecule has 2 aliphatic heterocycles. The molecule has 1 saturated heterocycles. The summed E-state index contributed by atoms with van der Waals surface area (Å²) in [5.41, 5.74) is 0.761. The van der Waals surface area contributed by atoms with Crippen molar-refractivity contribution in [1.29, 1.82) is 0 Å². The monoisotopic (exact) mass is 404 g/mol. The fourth-order valence-electron chi connectivity index (χ4n) is 3.07. The summed E-state index contributed by atoms with van der Waals surface area (Å²) in [4.78, 5) is 12.6. The molecule has 1 atom stereocenters. The van der Waals surface area contributed by atoms with E-state index in [1.807, 2.05) is 0 Å². The van der Waals surface area contributed by atoms with Crippen LogP contribution >= 0.6 is 0 Å². The molecule has 2 heterocycles. The van der Waals surface area contributed by atoms with Crippen LogP contribution < -0.4 is 19.5 Å². The zero-order valence-electron chi connectivity index (χ0n) is 15.0. The van der Waals surface area contributed by atoms with Crippen molar-refractivity contribution in [3.05, 3.63) is 48.0 Å². The Bertz CT molecular complexity index is 986. The number of nitrogens with one attached hydrogen (secondary N) is 2. The number of carbonyl (C=O) groups excluding carboxylic acids is 1. The van der Waals surface area contributed by atoms with Crippen LogP contribution in [0.5, 0.6) is 11.5 Å². The van der Waals surface area contributed by atoms with Gasteiger partial charge in [0, 0.05) is 30.5 Å². The second kappa shape index (κ2) is 7.78. The van der Waals surface area contributed by atoms with Gasteiger partial charge in [-0.3, -0.25) is 4.79 Å². The third-order valence-corrected chi connectivity index (χ3v) is 5.98. The van der Waals surface area contributed by atoms with E-state index in [0.717, 1.165) is 12.8 Å². The predicted molar refractivity (Wildman–Crippen MR) is 101 cm³/mol. The van der Waals surface area contributed by atoms with Crippen LogP contribution in [0.25, 0.3) is 0 Å². The Balaban J connectivity index is 1.45. The third-order valence-electron chi connectivity index (χ3n) is 4.56. The van der Waals surface area contributed by atoms with Crippen molar-refractivity contribution in [2.75, 3.05) is 25.3 Å². The van der Waals surface area contributed by atoms with Gasteiger partial charge >= 0.3 is 0 Å². The maximum atomic E-state index is 12.5. The van der Waals surface area contributed by atoms with Crippen LogP contribution in [0.2, 0.25) is 0 Å². The summed E-state index contributed by atoms with van der Waals surface area (Å²) < 4.78 is 43.5. The summed E-state index contributed by atoms with van der Waals surface area (Å²) in [5, 5.41) is 2.73. The van der Waals surface area contributed by atoms with Gasteiger partial charge in [-0.05, 0) is 43.2 Å². The Hall–Kier alpha value is -2.62. The summed E-state index contributed by atoms with van der Waals surface area (Å²) in [6.07, 6.45) is 1.66. The molecular weight excluding hydrogens is 384 g/mol. The second-order valence-corrected chi connectivity index (χ2v) is 8.30. The summed E-state index contributed by atoms with van der Waals surface area (Å²) in [6.45, 7) is 1.02. The molecule has 2 aromatic carbocycles. The van der Waals surface area contributed by atoms with Crippen molar-refractivity contribution in [1.82, 2.24) is 4.72 Å². The lowest BCUT2D eigenvalue weighted by atomic mass is 10.2. The fourth-order valence-corrected chi connectivity index (χ4v) is 4.19.